The highest BCUT2D eigenvalue weighted by Crippen LogP contribution is 2.35. The number of aromatic nitrogens is 2. The van der Waals surface area contributed by atoms with Gasteiger partial charge in [0.25, 0.3) is 0 Å². The highest BCUT2D eigenvalue weighted by Gasteiger charge is 2.22. The zero-order valence-corrected chi connectivity index (χ0v) is 12.2. The maximum absolute atomic E-state index is 6.24. The molecule has 0 amide bonds. The highest BCUT2D eigenvalue weighted by atomic mass is 35.5. The van der Waals surface area contributed by atoms with Crippen molar-refractivity contribution in [2.24, 2.45) is 7.05 Å². The molecule has 1 aromatic carbocycles. The predicted molar refractivity (Wildman–Crippen MR) is 75.6 cm³/mol. The average Bonchev–Trinajstić information content (AvgIpc) is 2.67. The Balaban J connectivity index is 2.56. The summed E-state index contributed by atoms with van der Waals surface area (Å²) >= 11 is 18.4. The number of nitrogens with zero attached hydrogens (tertiary/aromatic N) is 2. The van der Waals surface area contributed by atoms with Crippen molar-refractivity contribution in [2.75, 3.05) is 7.05 Å². The van der Waals surface area contributed by atoms with E-state index in [1.807, 2.05) is 26.2 Å². The topological polar surface area (TPSA) is 29.9 Å². The minimum atomic E-state index is -0.156. The molecule has 1 aromatic heterocycles. The van der Waals surface area contributed by atoms with Crippen molar-refractivity contribution in [2.45, 2.75) is 6.04 Å². The van der Waals surface area contributed by atoms with E-state index in [1.54, 1.807) is 16.9 Å². The van der Waals surface area contributed by atoms with Gasteiger partial charge in [0, 0.05) is 7.05 Å². The molecule has 0 aliphatic carbocycles. The number of hydrogen-bond acceptors (Lipinski definition) is 2. The SMILES string of the molecule is CNC(c1cccc(Cl)c1Cl)c1c(Cl)cnn1C. The maximum Gasteiger partial charge on any atom is 0.0837 e. The first-order chi connectivity index (χ1) is 8.56. The van der Waals surface area contributed by atoms with Crippen LogP contribution in [0.2, 0.25) is 15.1 Å². The van der Waals surface area contributed by atoms with Crippen LogP contribution in [0.3, 0.4) is 0 Å². The van der Waals surface area contributed by atoms with Crippen LogP contribution >= 0.6 is 34.8 Å². The molecule has 0 radical (unpaired) electrons. The molecule has 0 bridgehead atoms. The Bertz CT molecular complexity index is 546. The standard InChI is InChI=1S/C12H12Cl3N3/c1-16-11(12-9(14)6-17-18(12)2)7-4-3-5-8(13)10(7)15/h3-6,11,16H,1-2H3. The lowest BCUT2D eigenvalue weighted by Gasteiger charge is -2.19. The second-order valence-electron chi connectivity index (χ2n) is 3.87. The van der Waals surface area contributed by atoms with Crippen LogP contribution in [0.25, 0.3) is 0 Å². The monoisotopic (exact) mass is 303 g/mol. The van der Waals surface area contributed by atoms with E-state index < -0.39 is 0 Å². The molecule has 1 unspecified atom stereocenters. The molecule has 1 heterocycles. The fourth-order valence-corrected chi connectivity index (χ4v) is 2.62. The summed E-state index contributed by atoms with van der Waals surface area (Å²) in [5, 5.41) is 8.95. The first-order valence-corrected chi connectivity index (χ1v) is 6.48. The summed E-state index contributed by atoms with van der Waals surface area (Å²) in [7, 11) is 3.68. The summed E-state index contributed by atoms with van der Waals surface area (Å²) in [4.78, 5) is 0. The van der Waals surface area contributed by atoms with E-state index in [1.165, 1.54) is 0 Å². The molecule has 2 aromatic rings. The van der Waals surface area contributed by atoms with Crippen LogP contribution < -0.4 is 5.32 Å². The quantitative estimate of drug-likeness (QED) is 0.937. The minimum absolute atomic E-state index is 0.156. The van der Waals surface area contributed by atoms with Crippen molar-refractivity contribution < 1.29 is 0 Å². The van der Waals surface area contributed by atoms with Crippen molar-refractivity contribution >= 4 is 34.8 Å². The van der Waals surface area contributed by atoms with E-state index in [4.69, 9.17) is 34.8 Å². The fourth-order valence-electron chi connectivity index (χ4n) is 1.93. The number of benzene rings is 1. The third kappa shape index (κ3) is 2.36. The number of hydrogen-bond donors (Lipinski definition) is 1. The molecule has 1 atom stereocenters. The summed E-state index contributed by atoms with van der Waals surface area (Å²) in [5.74, 6) is 0. The van der Waals surface area contributed by atoms with Gasteiger partial charge in [-0.05, 0) is 18.7 Å². The van der Waals surface area contributed by atoms with Crippen molar-refractivity contribution in [1.29, 1.82) is 0 Å². The molecular weight excluding hydrogens is 293 g/mol. The summed E-state index contributed by atoms with van der Waals surface area (Å²) < 4.78 is 1.72. The molecular formula is C12H12Cl3N3. The molecule has 0 aliphatic rings. The average molecular weight is 305 g/mol. The summed E-state index contributed by atoms with van der Waals surface area (Å²) in [6.07, 6.45) is 1.61. The number of nitrogens with one attached hydrogen (secondary N) is 1. The Morgan fingerprint density at radius 3 is 2.50 bits per heavy atom. The molecule has 6 heteroatoms. The molecule has 3 nitrogen and oxygen atoms in total. The van der Waals surface area contributed by atoms with Gasteiger partial charge in [0.1, 0.15) is 0 Å². The zero-order chi connectivity index (χ0) is 13.3. The van der Waals surface area contributed by atoms with E-state index in [2.05, 4.69) is 10.4 Å². The Morgan fingerprint density at radius 2 is 1.94 bits per heavy atom. The third-order valence-electron chi connectivity index (χ3n) is 2.79. The van der Waals surface area contributed by atoms with E-state index in [9.17, 15) is 0 Å². The zero-order valence-electron chi connectivity index (χ0n) is 9.92. The second-order valence-corrected chi connectivity index (χ2v) is 5.06. The van der Waals surface area contributed by atoms with Crippen LogP contribution in [0.4, 0.5) is 0 Å². The van der Waals surface area contributed by atoms with Crippen LogP contribution in [-0.2, 0) is 7.05 Å². The molecule has 0 spiro atoms. The number of halogens is 3. The van der Waals surface area contributed by atoms with Crippen LogP contribution in [-0.4, -0.2) is 16.8 Å². The highest BCUT2D eigenvalue weighted by molar-refractivity contribution is 6.42. The van der Waals surface area contributed by atoms with Crippen molar-refractivity contribution in [3.8, 4) is 0 Å². The lowest BCUT2D eigenvalue weighted by Crippen LogP contribution is -2.21. The van der Waals surface area contributed by atoms with Crippen LogP contribution in [0.15, 0.2) is 24.4 Å². The summed E-state index contributed by atoms with van der Waals surface area (Å²) in [5.41, 5.74) is 1.72. The maximum atomic E-state index is 6.24. The fraction of sp³-hybridized carbons (Fsp3) is 0.250. The van der Waals surface area contributed by atoms with E-state index in [-0.39, 0.29) is 6.04 Å². The van der Waals surface area contributed by atoms with Crippen LogP contribution in [0, 0.1) is 0 Å². The molecule has 18 heavy (non-hydrogen) atoms. The predicted octanol–water partition coefficient (Wildman–Crippen LogP) is 3.69. The molecule has 0 saturated carbocycles. The minimum Gasteiger partial charge on any atom is -0.308 e. The van der Waals surface area contributed by atoms with Crippen LogP contribution in [0.5, 0.6) is 0 Å². The second kappa shape index (κ2) is 5.49. The summed E-state index contributed by atoms with van der Waals surface area (Å²) in [6, 6.07) is 5.37. The molecule has 2 rings (SSSR count). The van der Waals surface area contributed by atoms with E-state index in [0.29, 0.717) is 15.1 Å². The van der Waals surface area contributed by atoms with E-state index >= 15 is 0 Å². The molecule has 0 aliphatic heterocycles. The Hall–Kier alpha value is -0.740. The van der Waals surface area contributed by atoms with Gasteiger partial charge in [-0.25, -0.2) is 0 Å². The van der Waals surface area contributed by atoms with Crippen LogP contribution in [0.1, 0.15) is 17.3 Å². The first-order valence-electron chi connectivity index (χ1n) is 5.34. The normalized spacial score (nSPS) is 12.7. The van der Waals surface area contributed by atoms with E-state index in [0.717, 1.165) is 11.3 Å². The van der Waals surface area contributed by atoms with Gasteiger partial charge in [-0.1, -0.05) is 46.9 Å². The van der Waals surface area contributed by atoms with Crippen molar-refractivity contribution in [3.63, 3.8) is 0 Å². The lowest BCUT2D eigenvalue weighted by molar-refractivity contribution is 0.606. The first kappa shape index (κ1) is 13.7. The van der Waals surface area contributed by atoms with Gasteiger partial charge in [-0.15, -0.1) is 0 Å². The van der Waals surface area contributed by atoms with Gasteiger partial charge in [0.15, 0.2) is 0 Å². The third-order valence-corrected chi connectivity index (χ3v) is 3.92. The van der Waals surface area contributed by atoms with Gasteiger partial charge in [-0.2, -0.15) is 5.10 Å². The molecule has 96 valence electrons. The largest absolute Gasteiger partial charge is 0.308 e. The van der Waals surface area contributed by atoms with Gasteiger partial charge in [0.2, 0.25) is 0 Å². The molecule has 0 fully saturated rings. The molecule has 1 N–H and O–H groups in total. The molecule has 0 saturated heterocycles. The smallest absolute Gasteiger partial charge is 0.0837 e. The Kier molecular flexibility index (Phi) is 4.17. The van der Waals surface area contributed by atoms with Gasteiger partial charge >= 0.3 is 0 Å². The van der Waals surface area contributed by atoms with Crippen molar-refractivity contribution in [1.82, 2.24) is 15.1 Å². The van der Waals surface area contributed by atoms with Gasteiger partial charge in [-0.3, -0.25) is 4.68 Å². The Morgan fingerprint density at radius 1 is 1.22 bits per heavy atom. The number of rotatable bonds is 3. The van der Waals surface area contributed by atoms with Crippen molar-refractivity contribution in [3.05, 3.63) is 50.7 Å². The summed E-state index contributed by atoms with van der Waals surface area (Å²) in [6.45, 7) is 0. The van der Waals surface area contributed by atoms with Gasteiger partial charge < -0.3 is 5.32 Å². The number of aryl methyl sites for hydroxylation is 1. The Labute approximate surface area is 121 Å². The lowest BCUT2D eigenvalue weighted by atomic mass is 10.0. The van der Waals surface area contributed by atoms with Gasteiger partial charge in [0.05, 0.1) is 33.0 Å².